The molecule has 1 N–H and O–H groups in total. The summed E-state index contributed by atoms with van der Waals surface area (Å²) in [4.78, 5) is 11.0. The van der Waals surface area contributed by atoms with Gasteiger partial charge in [-0.1, -0.05) is 19.1 Å². The van der Waals surface area contributed by atoms with Gasteiger partial charge in [0.1, 0.15) is 5.92 Å². The van der Waals surface area contributed by atoms with E-state index in [1.54, 1.807) is 10.9 Å². The molecule has 1 aromatic heterocycles. The average Bonchev–Trinajstić information content (AvgIpc) is 2.51. The molecule has 1 heterocycles. The quantitative estimate of drug-likeness (QED) is 0.822. The predicted octanol–water partition coefficient (Wildman–Crippen LogP) is 1.68. The number of carboxylic acid groups (broad SMARTS) is 1. The van der Waals surface area contributed by atoms with Crippen molar-refractivity contribution in [1.29, 1.82) is 0 Å². The highest BCUT2D eigenvalue weighted by molar-refractivity contribution is 5.75. The number of hydrogen-bond acceptors (Lipinski definition) is 3. The van der Waals surface area contributed by atoms with Crippen LogP contribution in [0.2, 0.25) is 0 Å². The Morgan fingerprint density at radius 1 is 1.40 bits per heavy atom. The van der Waals surface area contributed by atoms with Crippen LogP contribution in [-0.4, -0.2) is 26.1 Å². The second kappa shape index (κ2) is 4.42. The number of aromatic nitrogens is 3. The largest absolute Gasteiger partial charge is 0.481 e. The van der Waals surface area contributed by atoms with Gasteiger partial charge in [0.05, 0.1) is 5.69 Å². The first-order valence-corrected chi connectivity index (χ1v) is 5.08. The van der Waals surface area contributed by atoms with Crippen LogP contribution in [-0.2, 0) is 4.79 Å². The third kappa shape index (κ3) is 2.55. The number of rotatable bonds is 4. The number of hydrogen-bond donors (Lipinski definition) is 1. The van der Waals surface area contributed by atoms with Crippen LogP contribution in [0.1, 0.15) is 45.3 Å². The molecule has 0 amide bonds. The number of nitrogens with zero attached hydrogens (tertiary/aromatic N) is 3. The highest BCUT2D eigenvalue weighted by Gasteiger charge is 2.26. The van der Waals surface area contributed by atoms with E-state index in [9.17, 15) is 4.79 Å². The van der Waals surface area contributed by atoms with Gasteiger partial charge in [0.25, 0.3) is 0 Å². The van der Waals surface area contributed by atoms with E-state index in [1.807, 2.05) is 27.7 Å². The Morgan fingerprint density at radius 2 is 2.00 bits per heavy atom. The van der Waals surface area contributed by atoms with Gasteiger partial charge >= 0.3 is 5.97 Å². The van der Waals surface area contributed by atoms with Crippen LogP contribution in [0, 0.1) is 5.92 Å². The molecule has 84 valence electrons. The summed E-state index contributed by atoms with van der Waals surface area (Å²) < 4.78 is 1.67. The maximum Gasteiger partial charge on any atom is 0.312 e. The Kier molecular flexibility index (Phi) is 3.44. The Balaban J connectivity index is 2.97. The van der Waals surface area contributed by atoms with Crippen LogP contribution in [0.3, 0.4) is 0 Å². The van der Waals surface area contributed by atoms with E-state index in [2.05, 4.69) is 10.3 Å². The van der Waals surface area contributed by atoms with Gasteiger partial charge < -0.3 is 5.11 Å². The van der Waals surface area contributed by atoms with Crippen molar-refractivity contribution in [3.63, 3.8) is 0 Å². The summed E-state index contributed by atoms with van der Waals surface area (Å²) in [7, 11) is 0. The second-order valence-corrected chi connectivity index (χ2v) is 4.28. The van der Waals surface area contributed by atoms with E-state index in [0.717, 1.165) is 0 Å². The van der Waals surface area contributed by atoms with Crippen LogP contribution < -0.4 is 0 Å². The zero-order valence-corrected chi connectivity index (χ0v) is 9.51. The van der Waals surface area contributed by atoms with Crippen molar-refractivity contribution in [2.24, 2.45) is 5.92 Å². The highest BCUT2D eigenvalue weighted by Crippen LogP contribution is 2.23. The molecular formula is C10H17N3O2. The third-order valence-corrected chi connectivity index (χ3v) is 2.31. The zero-order chi connectivity index (χ0) is 11.6. The Hall–Kier alpha value is -1.39. The van der Waals surface area contributed by atoms with Gasteiger partial charge in [-0.2, -0.15) is 0 Å². The molecule has 0 bridgehead atoms. The lowest BCUT2D eigenvalue weighted by atomic mass is 9.93. The summed E-state index contributed by atoms with van der Waals surface area (Å²) in [6.45, 7) is 7.69. The first-order valence-electron chi connectivity index (χ1n) is 5.08. The van der Waals surface area contributed by atoms with E-state index in [-0.39, 0.29) is 12.0 Å². The van der Waals surface area contributed by atoms with Gasteiger partial charge in [-0.3, -0.25) is 4.79 Å². The molecule has 0 aromatic carbocycles. The molecule has 0 fully saturated rings. The minimum Gasteiger partial charge on any atom is -0.481 e. The fourth-order valence-corrected chi connectivity index (χ4v) is 1.44. The molecule has 1 aromatic rings. The van der Waals surface area contributed by atoms with Crippen molar-refractivity contribution < 1.29 is 9.90 Å². The first-order chi connectivity index (χ1) is 6.93. The SMILES string of the molecule is CC(C)C(C(=O)O)c1cn(C(C)C)nn1. The normalized spacial score (nSPS) is 13.5. The lowest BCUT2D eigenvalue weighted by Crippen LogP contribution is -2.17. The fourth-order valence-electron chi connectivity index (χ4n) is 1.44. The molecule has 5 heteroatoms. The molecule has 0 aliphatic heterocycles. The van der Waals surface area contributed by atoms with E-state index in [0.29, 0.717) is 5.69 Å². The standard InChI is InChI=1S/C10H17N3O2/c1-6(2)9(10(14)15)8-5-13(7(3)4)12-11-8/h5-7,9H,1-4H3,(H,14,15). The Labute approximate surface area is 89.1 Å². The molecule has 1 unspecified atom stereocenters. The van der Waals surface area contributed by atoms with E-state index in [1.165, 1.54) is 0 Å². The lowest BCUT2D eigenvalue weighted by Gasteiger charge is -2.12. The monoisotopic (exact) mass is 211 g/mol. The molecule has 1 rings (SSSR count). The summed E-state index contributed by atoms with van der Waals surface area (Å²) in [5.74, 6) is -1.40. The van der Waals surface area contributed by atoms with Crippen molar-refractivity contribution >= 4 is 5.97 Å². The van der Waals surface area contributed by atoms with Crippen LogP contribution in [0.25, 0.3) is 0 Å². The van der Waals surface area contributed by atoms with E-state index >= 15 is 0 Å². The fraction of sp³-hybridized carbons (Fsp3) is 0.700. The van der Waals surface area contributed by atoms with Gasteiger partial charge in [0, 0.05) is 12.2 Å². The van der Waals surface area contributed by atoms with Crippen molar-refractivity contribution in [2.75, 3.05) is 0 Å². The van der Waals surface area contributed by atoms with Crippen molar-refractivity contribution in [3.05, 3.63) is 11.9 Å². The van der Waals surface area contributed by atoms with E-state index in [4.69, 9.17) is 5.11 Å². The molecule has 15 heavy (non-hydrogen) atoms. The summed E-state index contributed by atoms with van der Waals surface area (Å²) in [5, 5.41) is 16.9. The molecule has 1 atom stereocenters. The Morgan fingerprint density at radius 3 is 2.33 bits per heavy atom. The first kappa shape index (κ1) is 11.7. The molecule has 0 saturated heterocycles. The highest BCUT2D eigenvalue weighted by atomic mass is 16.4. The van der Waals surface area contributed by atoms with Crippen molar-refractivity contribution in [3.8, 4) is 0 Å². The van der Waals surface area contributed by atoms with Crippen LogP contribution in [0.5, 0.6) is 0 Å². The van der Waals surface area contributed by atoms with Crippen molar-refractivity contribution in [2.45, 2.75) is 39.7 Å². The number of carboxylic acids is 1. The average molecular weight is 211 g/mol. The predicted molar refractivity (Wildman–Crippen MR) is 55.6 cm³/mol. The van der Waals surface area contributed by atoms with Gasteiger partial charge in [-0.25, -0.2) is 4.68 Å². The molecule has 5 nitrogen and oxygen atoms in total. The summed E-state index contributed by atoms with van der Waals surface area (Å²) in [5.41, 5.74) is 0.534. The van der Waals surface area contributed by atoms with Crippen LogP contribution >= 0.6 is 0 Å². The third-order valence-electron chi connectivity index (χ3n) is 2.31. The molecule has 0 radical (unpaired) electrons. The molecule has 0 saturated carbocycles. The minimum atomic E-state index is -0.846. The molecular weight excluding hydrogens is 194 g/mol. The lowest BCUT2D eigenvalue weighted by molar-refractivity contribution is -0.140. The zero-order valence-electron chi connectivity index (χ0n) is 9.51. The minimum absolute atomic E-state index is 0.0137. The van der Waals surface area contributed by atoms with Gasteiger partial charge in [0.15, 0.2) is 0 Å². The van der Waals surface area contributed by atoms with Crippen LogP contribution in [0.15, 0.2) is 6.20 Å². The van der Waals surface area contributed by atoms with Crippen molar-refractivity contribution in [1.82, 2.24) is 15.0 Å². The molecule has 0 spiro atoms. The Bertz CT molecular complexity index is 344. The maximum absolute atomic E-state index is 11.0. The van der Waals surface area contributed by atoms with Gasteiger partial charge in [0.2, 0.25) is 0 Å². The topological polar surface area (TPSA) is 68.0 Å². The molecule has 0 aliphatic rings. The van der Waals surface area contributed by atoms with E-state index < -0.39 is 11.9 Å². The molecule has 0 aliphatic carbocycles. The summed E-state index contributed by atoms with van der Waals surface area (Å²) >= 11 is 0. The summed E-state index contributed by atoms with van der Waals surface area (Å²) in [6, 6.07) is 0.202. The number of aliphatic carboxylic acids is 1. The smallest absolute Gasteiger partial charge is 0.312 e. The van der Waals surface area contributed by atoms with Crippen LogP contribution in [0.4, 0.5) is 0 Å². The maximum atomic E-state index is 11.0. The van der Waals surface area contributed by atoms with Gasteiger partial charge in [-0.05, 0) is 19.8 Å². The number of carbonyl (C=O) groups is 1. The summed E-state index contributed by atoms with van der Waals surface area (Å²) in [6.07, 6.45) is 1.71. The van der Waals surface area contributed by atoms with Gasteiger partial charge in [-0.15, -0.1) is 5.10 Å². The second-order valence-electron chi connectivity index (χ2n) is 4.28.